The first-order chi connectivity index (χ1) is 11.4. The van der Waals surface area contributed by atoms with E-state index in [1.165, 1.54) is 12.1 Å². The molecule has 0 saturated carbocycles. The van der Waals surface area contributed by atoms with E-state index in [2.05, 4.69) is 0 Å². The minimum atomic E-state index is -4.40. The Kier molecular flexibility index (Phi) is 4.18. The number of para-hydroxylation sites is 1. The van der Waals surface area contributed by atoms with E-state index in [-0.39, 0.29) is 11.3 Å². The molecule has 124 valence electrons. The van der Waals surface area contributed by atoms with Crippen molar-refractivity contribution in [1.82, 2.24) is 4.57 Å². The Balaban J connectivity index is 2.03. The summed E-state index contributed by atoms with van der Waals surface area (Å²) in [6, 6.07) is 11.9. The van der Waals surface area contributed by atoms with Crippen LogP contribution >= 0.6 is 0 Å². The van der Waals surface area contributed by atoms with Crippen LogP contribution in [0.2, 0.25) is 0 Å². The van der Waals surface area contributed by atoms with Crippen molar-refractivity contribution in [3.63, 3.8) is 0 Å². The van der Waals surface area contributed by atoms with Crippen LogP contribution in [-0.2, 0) is 12.7 Å². The maximum Gasteiger partial charge on any atom is 0.416 e. The predicted molar refractivity (Wildman–Crippen MR) is 87.1 cm³/mol. The number of rotatable bonds is 4. The van der Waals surface area contributed by atoms with E-state index in [0.29, 0.717) is 5.56 Å². The molecular weight excluding hydrogens is 315 g/mol. The SMILES string of the molecule is CCCn1cc(C(=O)c2ccc(C(F)(F)F)cc2)c2ccccc21. The van der Waals surface area contributed by atoms with Gasteiger partial charge in [-0.1, -0.05) is 37.3 Å². The van der Waals surface area contributed by atoms with Crippen molar-refractivity contribution >= 4 is 16.7 Å². The van der Waals surface area contributed by atoms with Crippen LogP contribution < -0.4 is 0 Å². The van der Waals surface area contributed by atoms with E-state index >= 15 is 0 Å². The molecule has 3 rings (SSSR count). The summed E-state index contributed by atoms with van der Waals surface area (Å²) in [5, 5.41) is 0.816. The number of aromatic nitrogens is 1. The second kappa shape index (κ2) is 6.15. The summed E-state index contributed by atoms with van der Waals surface area (Å²) in [6.45, 7) is 2.83. The minimum absolute atomic E-state index is 0.252. The lowest BCUT2D eigenvalue weighted by atomic mass is 10.0. The predicted octanol–water partition coefficient (Wildman–Crippen LogP) is 5.30. The third-order valence-corrected chi connectivity index (χ3v) is 3.97. The Labute approximate surface area is 137 Å². The fraction of sp³-hybridized carbons (Fsp3) is 0.211. The molecule has 0 aliphatic rings. The van der Waals surface area contributed by atoms with Gasteiger partial charge < -0.3 is 4.57 Å². The number of alkyl halides is 3. The third-order valence-electron chi connectivity index (χ3n) is 3.97. The summed E-state index contributed by atoms with van der Waals surface area (Å²) in [7, 11) is 0. The number of nitrogens with zero attached hydrogens (tertiary/aromatic N) is 1. The number of aryl methyl sites for hydroxylation is 1. The summed E-state index contributed by atoms with van der Waals surface area (Å²) in [5.41, 5.74) is 0.961. The first kappa shape index (κ1) is 16.3. The molecule has 0 amide bonds. The Morgan fingerprint density at radius 1 is 1.04 bits per heavy atom. The summed E-state index contributed by atoms with van der Waals surface area (Å²) in [4.78, 5) is 12.7. The van der Waals surface area contributed by atoms with Gasteiger partial charge in [-0.25, -0.2) is 0 Å². The van der Waals surface area contributed by atoms with Crippen molar-refractivity contribution in [2.75, 3.05) is 0 Å². The highest BCUT2D eigenvalue weighted by Crippen LogP contribution is 2.30. The van der Waals surface area contributed by atoms with Gasteiger partial charge in [0, 0.05) is 34.8 Å². The summed E-state index contributed by atoms with van der Waals surface area (Å²) in [5.74, 6) is -0.269. The van der Waals surface area contributed by atoms with E-state index in [0.717, 1.165) is 36.0 Å². The van der Waals surface area contributed by atoms with Crippen LogP contribution in [-0.4, -0.2) is 10.4 Å². The lowest BCUT2D eigenvalue weighted by Crippen LogP contribution is -2.06. The van der Waals surface area contributed by atoms with Gasteiger partial charge in [0.25, 0.3) is 0 Å². The first-order valence-electron chi connectivity index (χ1n) is 7.71. The largest absolute Gasteiger partial charge is 0.416 e. The van der Waals surface area contributed by atoms with Gasteiger partial charge in [-0.15, -0.1) is 0 Å². The van der Waals surface area contributed by atoms with Crippen LogP contribution in [0.5, 0.6) is 0 Å². The van der Waals surface area contributed by atoms with Crippen LogP contribution in [0, 0.1) is 0 Å². The van der Waals surface area contributed by atoms with Crippen LogP contribution in [0.25, 0.3) is 10.9 Å². The maximum absolute atomic E-state index is 12.7. The Morgan fingerprint density at radius 3 is 2.33 bits per heavy atom. The highest BCUT2D eigenvalue weighted by Gasteiger charge is 2.30. The molecule has 0 bridgehead atoms. The van der Waals surface area contributed by atoms with Crippen molar-refractivity contribution in [2.45, 2.75) is 26.1 Å². The number of carbonyl (C=O) groups excluding carboxylic acids is 1. The zero-order valence-electron chi connectivity index (χ0n) is 13.1. The average molecular weight is 331 g/mol. The first-order valence-corrected chi connectivity index (χ1v) is 7.71. The normalized spacial score (nSPS) is 11.8. The van der Waals surface area contributed by atoms with Gasteiger partial charge in [0.2, 0.25) is 0 Å². The zero-order valence-corrected chi connectivity index (χ0v) is 13.1. The number of hydrogen-bond donors (Lipinski definition) is 0. The molecule has 1 heterocycles. The summed E-state index contributed by atoms with van der Waals surface area (Å²) >= 11 is 0. The standard InChI is InChI=1S/C19H16F3NO/c1-2-11-23-12-16(15-5-3-4-6-17(15)23)18(24)13-7-9-14(10-8-13)19(20,21)22/h3-10,12H,2,11H2,1H3. The average Bonchev–Trinajstić information content (AvgIpc) is 2.93. The highest BCUT2D eigenvalue weighted by molar-refractivity contribution is 6.16. The Bertz CT molecular complexity index is 876. The number of halogens is 3. The molecule has 0 aliphatic heterocycles. The second-order valence-electron chi connectivity index (χ2n) is 5.66. The van der Waals surface area contributed by atoms with E-state index in [9.17, 15) is 18.0 Å². The molecule has 0 spiro atoms. The smallest absolute Gasteiger partial charge is 0.347 e. The molecule has 0 saturated heterocycles. The Morgan fingerprint density at radius 2 is 1.71 bits per heavy atom. The molecule has 0 aliphatic carbocycles. The van der Waals surface area contributed by atoms with E-state index in [1.54, 1.807) is 6.20 Å². The zero-order chi connectivity index (χ0) is 17.3. The lowest BCUT2D eigenvalue weighted by Gasteiger charge is -2.07. The molecule has 0 N–H and O–H groups in total. The minimum Gasteiger partial charge on any atom is -0.347 e. The molecule has 0 radical (unpaired) electrons. The number of benzene rings is 2. The van der Waals surface area contributed by atoms with Crippen LogP contribution in [0.4, 0.5) is 13.2 Å². The molecular formula is C19H16F3NO. The molecule has 2 aromatic carbocycles. The van der Waals surface area contributed by atoms with Crippen molar-refractivity contribution < 1.29 is 18.0 Å². The molecule has 1 aromatic heterocycles. The van der Waals surface area contributed by atoms with Crippen molar-refractivity contribution in [1.29, 1.82) is 0 Å². The summed E-state index contributed by atoms with van der Waals surface area (Å²) < 4.78 is 40.0. The van der Waals surface area contributed by atoms with E-state index in [1.807, 2.05) is 35.8 Å². The molecule has 0 unspecified atom stereocenters. The van der Waals surface area contributed by atoms with Gasteiger partial charge in [-0.2, -0.15) is 13.2 Å². The topological polar surface area (TPSA) is 22.0 Å². The Hall–Kier alpha value is -2.56. The molecule has 24 heavy (non-hydrogen) atoms. The molecule has 0 fully saturated rings. The van der Waals surface area contributed by atoms with Gasteiger partial charge in [0.1, 0.15) is 0 Å². The summed E-state index contributed by atoms with van der Waals surface area (Å²) in [6.07, 6.45) is -1.69. The lowest BCUT2D eigenvalue weighted by molar-refractivity contribution is -0.137. The van der Waals surface area contributed by atoms with Crippen LogP contribution in [0.3, 0.4) is 0 Å². The second-order valence-corrected chi connectivity index (χ2v) is 5.66. The molecule has 0 atom stereocenters. The van der Waals surface area contributed by atoms with Gasteiger partial charge in [0.05, 0.1) is 5.56 Å². The monoisotopic (exact) mass is 331 g/mol. The highest BCUT2D eigenvalue weighted by atomic mass is 19.4. The van der Waals surface area contributed by atoms with Gasteiger partial charge in [-0.3, -0.25) is 4.79 Å². The molecule has 3 aromatic rings. The van der Waals surface area contributed by atoms with Gasteiger partial charge >= 0.3 is 6.18 Å². The van der Waals surface area contributed by atoms with Gasteiger partial charge in [-0.05, 0) is 24.6 Å². The number of hydrogen-bond acceptors (Lipinski definition) is 1. The van der Waals surface area contributed by atoms with Crippen LogP contribution in [0.15, 0.2) is 54.7 Å². The number of fused-ring (bicyclic) bond motifs is 1. The van der Waals surface area contributed by atoms with E-state index < -0.39 is 11.7 Å². The number of ketones is 1. The molecule has 5 heteroatoms. The van der Waals surface area contributed by atoms with Crippen molar-refractivity contribution in [3.8, 4) is 0 Å². The molecule has 2 nitrogen and oxygen atoms in total. The fourth-order valence-corrected chi connectivity index (χ4v) is 2.82. The van der Waals surface area contributed by atoms with Gasteiger partial charge in [0.15, 0.2) is 5.78 Å². The van der Waals surface area contributed by atoms with E-state index in [4.69, 9.17) is 0 Å². The van der Waals surface area contributed by atoms with Crippen molar-refractivity contribution in [2.24, 2.45) is 0 Å². The quantitative estimate of drug-likeness (QED) is 0.595. The van der Waals surface area contributed by atoms with Crippen molar-refractivity contribution in [3.05, 3.63) is 71.4 Å². The fourth-order valence-electron chi connectivity index (χ4n) is 2.82. The third kappa shape index (κ3) is 2.94. The maximum atomic E-state index is 12.7. The number of carbonyl (C=O) groups is 1. The van der Waals surface area contributed by atoms with Crippen LogP contribution in [0.1, 0.15) is 34.8 Å².